The molecule has 38 heavy (non-hydrogen) atoms. The normalized spacial score (nSPS) is 16.7. The zero-order chi connectivity index (χ0) is 26.2. The fraction of sp³-hybridized carbons (Fsp3) is 0.222. The Bertz CT molecular complexity index is 1530. The highest BCUT2D eigenvalue weighted by atomic mass is 32.1. The maximum absolute atomic E-state index is 13.2. The molecule has 9 nitrogen and oxygen atoms in total. The van der Waals surface area contributed by atoms with E-state index in [0.29, 0.717) is 43.7 Å². The van der Waals surface area contributed by atoms with Crippen molar-refractivity contribution in [2.24, 2.45) is 0 Å². The molecular weight excluding hydrogens is 509 g/mol. The number of thiophene rings is 1. The minimum absolute atomic E-state index is 0.0400. The Morgan fingerprint density at radius 3 is 2.76 bits per heavy atom. The molecule has 2 aromatic carbocycles. The first-order valence-electron chi connectivity index (χ1n) is 12.2. The van der Waals surface area contributed by atoms with E-state index in [4.69, 9.17) is 9.57 Å². The van der Waals surface area contributed by atoms with Crippen molar-refractivity contribution in [3.8, 4) is 17.2 Å². The smallest absolute Gasteiger partial charge is 0.359 e. The first kappa shape index (κ1) is 24.1. The first-order chi connectivity index (χ1) is 18.5. The second-order valence-electron chi connectivity index (χ2n) is 9.13. The maximum Gasteiger partial charge on any atom is 0.359 e. The van der Waals surface area contributed by atoms with Crippen molar-refractivity contribution in [2.75, 3.05) is 23.5 Å². The molecule has 0 aliphatic carbocycles. The largest absolute Gasteiger partial charge is 0.457 e. The summed E-state index contributed by atoms with van der Waals surface area (Å²) in [6, 6.07) is 12.1. The molecule has 1 fully saturated rings. The lowest BCUT2D eigenvalue weighted by atomic mass is 10.1. The quantitative estimate of drug-likeness (QED) is 0.308. The molecule has 2 aromatic heterocycles. The van der Waals surface area contributed by atoms with Crippen molar-refractivity contribution in [1.29, 1.82) is 0 Å². The van der Waals surface area contributed by atoms with Gasteiger partial charge in [0.15, 0.2) is 5.75 Å². The number of pyridine rings is 1. The summed E-state index contributed by atoms with van der Waals surface area (Å²) in [6.07, 6.45) is 3.49. The van der Waals surface area contributed by atoms with Gasteiger partial charge in [-0.1, -0.05) is 0 Å². The zero-order valence-corrected chi connectivity index (χ0v) is 21.2. The number of benzene rings is 2. The Labute approximate surface area is 221 Å². The van der Waals surface area contributed by atoms with Crippen molar-refractivity contribution in [3.05, 3.63) is 71.0 Å². The SMILES string of the molecule is Cc1cc(Oc2ccc(F)cc2)ccc1ON1C(=O)Nc2c(C(=O)N[C@@H]3CCCNC3)sc3nccc1c23. The van der Waals surface area contributed by atoms with E-state index in [1.54, 1.807) is 42.6 Å². The van der Waals surface area contributed by atoms with Crippen LogP contribution in [-0.2, 0) is 0 Å². The number of hydroxylamine groups is 1. The Hall–Kier alpha value is -4.22. The third kappa shape index (κ3) is 4.61. The summed E-state index contributed by atoms with van der Waals surface area (Å²) in [5, 5.41) is 11.0. The fourth-order valence-corrected chi connectivity index (χ4v) is 5.59. The number of nitrogens with one attached hydrogen (secondary N) is 3. The van der Waals surface area contributed by atoms with E-state index in [1.165, 1.54) is 28.5 Å². The number of amides is 3. The third-order valence-corrected chi connectivity index (χ3v) is 7.53. The highest BCUT2D eigenvalue weighted by Gasteiger charge is 2.34. The lowest BCUT2D eigenvalue weighted by molar-refractivity contribution is 0.0935. The molecule has 2 aliphatic rings. The molecule has 0 unspecified atom stereocenters. The highest BCUT2D eigenvalue weighted by molar-refractivity contribution is 7.21. The van der Waals surface area contributed by atoms with Gasteiger partial charge in [0.1, 0.15) is 32.7 Å². The van der Waals surface area contributed by atoms with Gasteiger partial charge in [0.25, 0.3) is 5.91 Å². The van der Waals surface area contributed by atoms with Gasteiger partial charge in [-0.2, -0.15) is 0 Å². The van der Waals surface area contributed by atoms with E-state index in [2.05, 4.69) is 20.9 Å². The molecule has 1 saturated heterocycles. The van der Waals surface area contributed by atoms with Crippen LogP contribution in [0.25, 0.3) is 10.2 Å². The number of halogens is 1. The molecule has 11 heteroatoms. The number of hydrogen-bond acceptors (Lipinski definition) is 7. The van der Waals surface area contributed by atoms with Crippen LogP contribution in [0, 0.1) is 12.7 Å². The average molecular weight is 534 g/mol. The summed E-state index contributed by atoms with van der Waals surface area (Å²) in [5.41, 5.74) is 1.66. The molecule has 6 rings (SSSR count). The molecule has 3 N–H and O–H groups in total. The van der Waals surface area contributed by atoms with Crippen LogP contribution in [0.2, 0.25) is 0 Å². The predicted octanol–water partition coefficient (Wildman–Crippen LogP) is 5.36. The minimum atomic E-state index is -0.525. The Morgan fingerprint density at radius 2 is 2.00 bits per heavy atom. The number of rotatable bonds is 6. The zero-order valence-electron chi connectivity index (χ0n) is 20.4. The van der Waals surface area contributed by atoms with Gasteiger partial charge in [0.2, 0.25) is 0 Å². The van der Waals surface area contributed by atoms with Gasteiger partial charge in [0, 0.05) is 18.8 Å². The van der Waals surface area contributed by atoms with Gasteiger partial charge in [0.05, 0.1) is 11.1 Å². The number of aromatic nitrogens is 1. The molecule has 0 radical (unpaired) electrons. The van der Waals surface area contributed by atoms with Crippen LogP contribution < -0.4 is 30.6 Å². The summed E-state index contributed by atoms with van der Waals surface area (Å²) < 4.78 is 19.0. The van der Waals surface area contributed by atoms with Gasteiger partial charge in [-0.05, 0) is 80.4 Å². The van der Waals surface area contributed by atoms with E-state index in [1.807, 2.05) is 6.92 Å². The van der Waals surface area contributed by atoms with Crippen LogP contribution in [-0.4, -0.2) is 36.1 Å². The van der Waals surface area contributed by atoms with Crippen LogP contribution in [0.5, 0.6) is 17.2 Å². The van der Waals surface area contributed by atoms with Crippen LogP contribution in [0.15, 0.2) is 54.7 Å². The summed E-state index contributed by atoms with van der Waals surface area (Å²) >= 11 is 1.24. The first-order valence-corrected chi connectivity index (χ1v) is 13.0. The number of aryl methyl sites for hydroxylation is 1. The molecule has 0 saturated carbocycles. The van der Waals surface area contributed by atoms with Gasteiger partial charge < -0.3 is 25.5 Å². The molecule has 1 atom stereocenters. The van der Waals surface area contributed by atoms with Crippen molar-refractivity contribution in [1.82, 2.24) is 15.6 Å². The van der Waals surface area contributed by atoms with Crippen molar-refractivity contribution < 1.29 is 23.6 Å². The molecule has 0 bridgehead atoms. The molecule has 2 aliphatic heterocycles. The third-order valence-electron chi connectivity index (χ3n) is 6.43. The number of carbonyl (C=O) groups excluding carboxylic acids is 2. The van der Waals surface area contributed by atoms with Gasteiger partial charge in [-0.25, -0.2) is 14.2 Å². The molecule has 0 spiro atoms. The summed E-state index contributed by atoms with van der Waals surface area (Å²) in [4.78, 5) is 37.8. The maximum atomic E-state index is 13.2. The summed E-state index contributed by atoms with van der Waals surface area (Å²) in [7, 11) is 0. The molecule has 4 aromatic rings. The highest BCUT2D eigenvalue weighted by Crippen LogP contribution is 2.44. The van der Waals surface area contributed by atoms with E-state index in [0.717, 1.165) is 31.5 Å². The molecule has 194 valence electrons. The monoisotopic (exact) mass is 533 g/mol. The lowest BCUT2D eigenvalue weighted by Crippen LogP contribution is -2.45. The van der Waals surface area contributed by atoms with E-state index in [9.17, 15) is 14.0 Å². The number of ether oxygens (including phenoxy) is 1. The second kappa shape index (κ2) is 9.92. The fourth-order valence-electron chi connectivity index (χ4n) is 4.56. The second-order valence-corrected chi connectivity index (χ2v) is 10.1. The van der Waals surface area contributed by atoms with Gasteiger partial charge >= 0.3 is 6.03 Å². The summed E-state index contributed by atoms with van der Waals surface area (Å²) in [5.74, 6) is 0.909. The van der Waals surface area contributed by atoms with Crippen molar-refractivity contribution in [2.45, 2.75) is 25.8 Å². The average Bonchev–Trinajstić information content (AvgIpc) is 3.29. The van der Waals surface area contributed by atoms with Crippen LogP contribution in [0.3, 0.4) is 0 Å². The van der Waals surface area contributed by atoms with E-state index >= 15 is 0 Å². The Balaban J connectivity index is 1.25. The van der Waals surface area contributed by atoms with Crippen LogP contribution in [0.4, 0.5) is 20.6 Å². The lowest BCUT2D eigenvalue weighted by Gasteiger charge is -2.28. The molecule has 3 amide bonds. The standard InChI is InChI=1S/C27H24FN5O4S/c1-15-13-19(36-18-6-4-16(28)5-7-18)8-9-21(15)37-33-20-10-12-30-26-22(20)23(32-27(33)35)24(38-26)25(34)31-17-3-2-11-29-14-17/h4-10,12-13,17,29H,2-3,11,14H2,1H3,(H,31,34)(H,32,35)/t17-/m1/s1. The Kier molecular flexibility index (Phi) is 6.30. The summed E-state index contributed by atoms with van der Waals surface area (Å²) in [6.45, 7) is 3.50. The number of carbonyl (C=O) groups is 2. The van der Waals surface area contributed by atoms with Crippen molar-refractivity contribution in [3.63, 3.8) is 0 Å². The van der Waals surface area contributed by atoms with E-state index in [-0.39, 0.29) is 17.8 Å². The number of nitrogens with zero attached hydrogens (tertiary/aromatic N) is 2. The number of hydrogen-bond donors (Lipinski definition) is 3. The number of urea groups is 1. The predicted molar refractivity (Wildman–Crippen MR) is 143 cm³/mol. The van der Waals surface area contributed by atoms with Gasteiger partial charge in [-0.3, -0.25) is 4.79 Å². The topological polar surface area (TPSA) is 105 Å². The van der Waals surface area contributed by atoms with Crippen LogP contribution in [0.1, 0.15) is 28.1 Å². The number of anilines is 2. The molecule has 4 heterocycles. The van der Waals surface area contributed by atoms with Crippen molar-refractivity contribution >= 4 is 44.9 Å². The Morgan fingerprint density at radius 1 is 1.18 bits per heavy atom. The van der Waals surface area contributed by atoms with E-state index < -0.39 is 6.03 Å². The molecular formula is C27H24FN5O4S. The number of piperidine rings is 1. The minimum Gasteiger partial charge on any atom is -0.457 e. The van der Waals surface area contributed by atoms with Gasteiger partial charge in [-0.15, -0.1) is 16.4 Å². The van der Waals surface area contributed by atoms with Crippen LogP contribution >= 0.6 is 11.3 Å².